The summed E-state index contributed by atoms with van der Waals surface area (Å²) < 4.78 is 6.16. The summed E-state index contributed by atoms with van der Waals surface area (Å²) in [5.41, 5.74) is 14.6. The molecule has 0 fully saturated rings. The van der Waals surface area contributed by atoms with Gasteiger partial charge in [-0.05, 0) is 121 Å². The van der Waals surface area contributed by atoms with Crippen LogP contribution in [0.1, 0.15) is 0 Å². The highest BCUT2D eigenvalue weighted by Gasteiger charge is 2.16. The van der Waals surface area contributed by atoms with E-state index in [9.17, 15) is 0 Å². The Labute approximate surface area is 337 Å². The van der Waals surface area contributed by atoms with E-state index < -0.39 is 0 Å². The summed E-state index contributed by atoms with van der Waals surface area (Å²) in [5, 5.41) is 7.23. The molecule has 0 saturated heterocycles. The number of fused-ring (bicyclic) bond motifs is 6. The molecule has 0 aliphatic heterocycles. The van der Waals surface area contributed by atoms with E-state index in [1.54, 1.807) is 0 Å². The van der Waals surface area contributed by atoms with Crippen LogP contribution in [-0.4, -0.2) is 0 Å². The molecule has 58 heavy (non-hydrogen) atoms. The summed E-state index contributed by atoms with van der Waals surface area (Å²) in [4.78, 5) is 2.37. The third-order valence-electron chi connectivity index (χ3n) is 11.5. The summed E-state index contributed by atoms with van der Waals surface area (Å²) in [7, 11) is 0. The van der Waals surface area contributed by atoms with Crippen molar-refractivity contribution in [3.8, 4) is 44.5 Å². The molecule has 0 aliphatic carbocycles. The molecule has 0 spiro atoms. The van der Waals surface area contributed by atoms with Gasteiger partial charge in [-0.15, -0.1) is 0 Å². The van der Waals surface area contributed by atoms with Gasteiger partial charge in [-0.1, -0.05) is 170 Å². The summed E-state index contributed by atoms with van der Waals surface area (Å²) >= 11 is 0. The van der Waals surface area contributed by atoms with Crippen LogP contribution in [-0.2, 0) is 0 Å². The van der Waals surface area contributed by atoms with E-state index in [0.717, 1.165) is 39.2 Å². The molecule has 11 rings (SSSR count). The Balaban J connectivity index is 0.962. The molecule has 0 unspecified atom stereocenters. The lowest BCUT2D eigenvalue weighted by atomic mass is 9.96. The van der Waals surface area contributed by atoms with Gasteiger partial charge >= 0.3 is 0 Å². The average molecular weight is 740 g/mol. The maximum atomic E-state index is 6.16. The maximum Gasteiger partial charge on any atom is 0.136 e. The minimum Gasteiger partial charge on any atom is -0.456 e. The molecule has 2 heteroatoms. The second kappa shape index (κ2) is 14.1. The second-order valence-electron chi connectivity index (χ2n) is 14.9. The summed E-state index contributed by atoms with van der Waals surface area (Å²) in [6, 6.07) is 80.8. The highest BCUT2D eigenvalue weighted by atomic mass is 16.3. The zero-order valence-electron chi connectivity index (χ0n) is 31.7. The first-order valence-electron chi connectivity index (χ1n) is 19.8. The third kappa shape index (κ3) is 6.00. The van der Waals surface area contributed by atoms with E-state index in [4.69, 9.17) is 4.42 Å². The quantitative estimate of drug-likeness (QED) is 0.162. The van der Waals surface area contributed by atoms with Gasteiger partial charge in [-0.2, -0.15) is 0 Å². The van der Waals surface area contributed by atoms with Crippen molar-refractivity contribution in [2.45, 2.75) is 0 Å². The fourth-order valence-corrected chi connectivity index (χ4v) is 8.58. The molecule has 1 heterocycles. The van der Waals surface area contributed by atoms with Gasteiger partial charge in [0.05, 0.1) is 0 Å². The molecule has 0 atom stereocenters. The van der Waals surface area contributed by atoms with Crippen molar-refractivity contribution in [3.05, 3.63) is 224 Å². The Hall–Kier alpha value is -7.68. The van der Waals surface area contributed by atoms with Crippen molar-refractivity contribution >= 4 is 60.5 Å². The van der Waals surface area contributed by atoms with Crippen LogP contribution in [0.15, 0.2) is 229 Å². The molecule has 0 radical (unpaired) electrons. The monoisotopic (exact) mass is 739 g/mol. The SMILES string of the molecule is c1ccc(-c2ccc(N(c3cccc(-c4ccc(-c5ccc6c(ccc7oc8ccccc8c76)c5)cc4)c3)c3cccc(-c4cccc5ccccc45)c3)cc2)cc1. The van der Waals surface area contributed by atoms with Gasteiger partial charge in [0, 0.05) is 27.8 Å². The summed E-state index contributed by atoms with van der Waals surface area (Å²) in [6.45, 7) is 0. The highest BCUT2D eigenvalue weighted by Crippen LogP contribution is 2.41. The van der Waals surface area contributed by atoms with Crippen LogP contribution in [0.25, 0.3) is 88.0 Å². The molecule has 11 aromatic rings. The summed E-state index contributed by atoms with van der Waals surface area (Å²) in [6.07, 6.45) is 0. The Kier molecular flexibility index (Phi) is 8.19. The van der Waals surface area contributed by atoms with Crippen molar-refractivity contribution in [1.82, 2.24) is 0 Å². The number of rotatable bonds is 7. The van der Waals surface area contributed by atoms with Gasteiger partial charge in [0.2, 0.25) is 0 Å². The lowest BCUT2D eigenvalue weighted by Gasteiger charge is -2.27. The molecule has 2 nitrogen and oxygen atoms in total. The zero-order chi connectivity index (χ0) is 38.4. The topological polar surface area (TPSA) is 16.4 Å². The molecule has 0 aliphatic rings. The second-order valence-corrected chi connectivity index (χ2v) is 14.9. The Bertz CT molecular complexity index is 3260. The molecule has 272 valence electrons. The number of anilines is 3. The lowest BCUT2D eigenvalue weighted by Crippen LogP contribution is -2.10. The molecular weight excluding hydrogens is 703 g/mol. The van der Waals surface area contributed by atoms with Gasteiger partial charge in [-0.3, -0.25) is 0 Å². The third-order valence-corrected chi connectivity index (χ3v) is 11.5. The minimum atomic E-state index is 0.923. The lowest BCUT2D eigenvalue weighted by molar-refractivity contribution is 0.669. The number of hydrogen-bond acceptors (Lipinski definition) is 2. The van der Waals surface area contributed by atoms with Crippen molar-refractivity contribution < 1.29 is 4.42 Å². The van der Waals surface area contributed by atoms with Crippen molar-refractivity contribution in [2.75, 3.05) is 4.90 Å². The van der Waals surface area contributed by atoms with Crippen LogP contribution >= 0.6 is 0 Å². The molecule has 0 bridgehead atoms. The van der Waals surface area contributed by atoms with Crippen LogP contribution in [0, 0.1) is 0 Å². The van der Waals surface area contributed by atoms with Gasteiger partial charge in [0.15, 0.2) is 0 Å². The van der Waals surface area contributed by atoms with E-state index in [0.29, 0.717) is 0 Å². The van der Waals surface area contributed by atoms with E-state index in [-0.39, 0.29) is 0 Å². The van der Waals surface area contributed by atoms with Crippen LogP contribution < -0.4 is 4.90 Å². The van der Waals surface area contributed by atoms with E-state index in [1.165, 1.54) is 65.9 Å². The maximum absolute atomic E-state index is 6.16. The number of nitrogens with zero attached hydrogens (tertiary/aromatic N) is 1. The fraction of sp³-hybridized carbons (Fsp3) is 0. The smallest absolute Gasteiger partial charge is 0.136 e. The minimum absolute atomic E-state index is 0.923. The van der Waals surface area contributed by atoms with E-state index in [2.05, 4.69) is 217 Å². The van der Waals surface area contributed by atoms with Crippen molar-refractivity contribution in [2.24, 2.45) is 0 Å². The average Bonchev–Trinajstić information content (AvgIpc) is 3.69. The largest absolute Gasteiger partial charge is 0.456 e. The Morgan fingerprint density at radius 2 is 0.828 bits per heavy atom. The first-order chi connectivity index (χ1) is 28.7. The van der Waals surface area contributed by atoms with Gasteiger partial charge in [0.1, 0.15) is 11.2 Å². The van der Waals surface area contributed by atoms with E-state index in [1.807, 2.05) is 12.1 Å². The Morgan fingerprint density at radius 3 is 1.62 bits per heavy atom. The van der Waals surface area contributed by atoms with Crippen LogP contribution in [0.5, 0.6) is 0 Å². The fourth-order valence-electron chi connectivity index (χ4n) is 8.58. The molecular formula is C56H37NO. The molecule has 0 N–H and O–H groups in total. The Morgan fingerprint density at radius 1 is 0.276 bits per heavy atom. The predicted octanol–water partition coefficient (Wildman–Crippen LogP) is 16.0. The van der Waals surface area contributed by atoms with Gasteiger partial charge < -0.3 is 9.32 Å². The molecule has 1 aromatic heterocycles. The predicted molar refractivity (Wildman–Crippen MR) is 245 cm³/mol. The van der Waals surface area contributed by atoms with Crippen molar-refractivity contribution in [1.29, 1.82) is 0 Å². The van der Waals surface area contributed by atoms with E-state index >= 15 is 0 Å². The van der Waals surface area contributed by atoms with Crippen LogP contribution in [0.2, 0.25) is 0 Å². The number of hydrogen-bond donors (Lipinski definition) is 0. The molecule has 10 aromatic carbocycles. The number of para-hydroxylation sites is 1. The first-order valence-corrected chi connectivity index (χ1v) is 19.8. The standard InChI is InChI=1S/C56H37NO/c1-2-11-38(12-3-1)39-27-31-47(32-28-39)57(49-18-9-16-45(37-49)51-21-10-14-42-13-4-5-19-50(42)51)48-17-8-15-43(36-48)40-23-25-41(26-24-40)44-29-33-52-46(35-44)30-34-55-56(52)53-20-6-7-22-54(53)58-55/h1-37H. The van der Waals surface area contributed by atoms with Crippen LogP contribution in [0.3, 0.4) is 0 Å². The summed E-state index contributed by atoms with van der Waals surface area (Å²) in [5.74, 6) is 0. The number of benzene rings is 10. The van der Waals surface area contributed by atoms with Gasteiger partial charge in [-0.25, -0.2) is 0 Å². The first kappa shape index (κ1) is 33.6. The highest BCUT2D eigenvalue weighted by molar-refractivity contribution is 6.19. The zero-order valence-corrected chi connectivity index (χ0v) is 31.7. The van der Waals surface area contributed by atoms with Crippen molar-refractivity contribution in [3.63, 3.8) is 0 Å². The van der Waals surface area contributed by atoms with Gasteiger partial charge in [0.25, 0.3) is 0 Å². The molecule has 0 amide bonds. The molecule has 0 saturated carbocycles. The normalized spacial score (nSPS) is 11.4. The number of furan rings is 1. The van der Waals surface area contributed by atoms with Crippen LogP contribution in [0.4, 0.5) is 17.1 Å².